The Bertz CT molecular complexity index is 724. The Morgan fingerprint density at radius 1 is 1.17 bits per heavy atom. The van der Waals surface area contributed by atoms with Crippen LogP contribution >= 0.6 is 0 Å². The van der Waals surface area contributed by atoms with Crippen LogP contribution in [0.15, 0.2) is 6.20 Å². The van der Waals surface area contributed by atoms with E-state index in [2.05, 4.69) is 54.2 Å². The molecule has 2 aromatic heterocycles. The predicted octanol–water partition coefficient (Wildman–Crippen LogP) is 2.91. The van der Waals surface area contributed by atoms with Crippen molar-refractivity contribution < 1.29 is 0 Å². The molecule has 2 aromatic rings. The molecule has 0 unspecified atom stereocenters. The fourth-order valence-electron chi connectivity index (χ4n) is 3.39. The minimum absolute atomic E-state index is 0.0208. The van der Waals surface area contributed by atoms with Gasteiger partial charge in [0.25, 0.3) is 0 Å². The normalized spacial score (nSPS) is 15.7. The summed E-state index contributed by atoms with van der Waals surface area (Å²) in [6, 6.07) is 0. The average Bonchev–Trinajstić information content (AvgIpc) is 2.75. The van der Waals surface area contributed by atoms with Crippen LogP contribution in [-0.2, 0) is 25.0 Å². The monoisotopic (exact) mass is 313 g/mol. The molecule has 5 heteroatoms. The first-order chi connectivity index (χ1) is 10.8. The molecular weight excluding hydrogens is 286 g/mol. The maximum absolute atomic E-state index is 4.77. The molecule has 0 spiro atoms. The lowest BCUT2D eigenvalue weighted by atomic mass is 10.1. The molecule has 0 N–H and O–H groups in total. The molecule has 0 saturated heterocycles. The minimum Gasteiger partial charge on any atom is -0.294 e. The quantitative estimate of drug-likeness (QED) is 0.855. The van der Waals surface area contributed by atoms with E-state index in [0.29, 0.717) is 0 Å². The number of aromatic nitrogens is 4. The third kappa shape index (κ3) is 3.15. The Morgan fingerprint density at radius 2 is 1.91 bits per heavy atom. The number of hydrogen-bond donors (Lipinski definition) is 0. The van der Waals surface area contributed by atoms with Gasteiger partial charge in [0.15, 0.2) is 0 Å². The van der Waals surface area contributed by atoms with Crippen LogP contribution in [0.1, 0.15) is 54.8 Å². The van der Waals surface area contributed by atoms with E-state index in [0.717, 1.165) is 37.6 Å². The maximum Gasteiger partial charge on any atom is 0.125 e. The van der Waals surface area contributed by atoms with Crippen molar-refractivity contribution in [3.8, 4) is 0 Å². The van der Waals surface area contributed by atoms with Crippen LogP contribution < -0.4 is 0 Å². The van der Waals surface area contributed by atoms with Crippen LogP contribution in [-0.4, -0.2) is 31.2 Å². The summed E-state index contributed by atoms with van der Waals surface area (Å²) in [6.07, 6.45) is 2.99. The number of aryl methyl sites for hydroxylation is 2. The molecule has 124 valence electrons. The molecule has 0 radical (unpaired) electrons. The van der Waals surface area contributed by atoms with E-state index in [1.54, 1.807) is 0 Å². The van der Waals surface area contributed by atoms with E-state index >= 15 is 0 Å². The lowest BCUT2D eigenvalue weighted by molar-refractivity contribution is 0.241. The maximum atomic E-state index is 4.77. The zero-order chi connectivity index (χ0) is 16.8. The Morgan fingerprint density at radius 3 is 2.57 bits per heavy atom. The van der Waals surface area contributed by atoms with Crippen molar-refractivity contribution >= 4 is 0 Å². The number of fused-ring (bicyclic) bond motifs is 1. The topological polar surface area (TPSA) is 46.8 Å². The van der Waals surface area contributed by atoms with Crippen molar-refractivity contribution in [2.45, 2.75) is 66.6 Å². The zero-order valence-corrected chi connectivity index (χ0v) is 15.1. The van der Waals surface area contributed by atoms with Crippen molar-refractivity contribution in [3.63, 3.8) is 0 Å². The second kappa shape index (κ2) is 5.71. The van der Waals surface area contributed by atoms with E-state index in [4.69, 9.17) is 5.10 Å². The smallest absolute Gasteiger partial charge is 0.125 e. The minimum atomic E-state index is 0.0208. The fourth-order valence-corrected chi connectivity index (χ4v) is 3.39. The van der Waals surface area contributed by atoms with Crippen molar-refractivity contribution in [1.82, 2.24) is 24.6 Å². The molecule has 23 heavy (non-hydrogen) atoms. The summed E-state index contributed by atoms with van der Waals surface area (Å²) in [5, 5.41) is 4.77. The van der Waals surface area contributed by atoms with Crippen LogP contribution in [0.4, 0.5) is 0 Å². The van der Waals surface area contributed by atoms with Crippen LogP contribution in [0.5, 0.6) is 0 Å². The summed E-state index contributed by atoms with van der Waals surface area (Å²) >= 11 is 0. The molecule has 1 aliphatic rings. The van der Waals surface area contributed by atoms with Crippen LogP contribution in [0.25, 0.3) is 0 Å². The third-order valence-electron chi connectivity index (χ3n) is 4.59. The Balaban J connectivity index is 1.81. The highest BCUT2D eigenvalue weighted by Crippen LogP contribution is 2.25. The van der Waals surface area contributed by atoms with Crippen molar-refractivity contribution in [1.29, 1.82) is 0 Å². The first-order valence-corrected chi connectivity index (χ1v) is 8.35. The molecule has 0 fully saturated rings. The van der Waals surface area contributed by atoms with E-state index in [1.807, 2.05) is 13.1 Å². The molecule has 0 bridgehead atoms. The summed E-state index contributed by atoms with van der Waals surface area (Å²) in [4.78, 5) is 11.4. The van der Waals surface area contributed by atoms with Gasteiger partial charge in [0.05, 0.1) is 11.2 Å². The fraction of sp³-hybridized carbons (Fsp3) is 0.611. The second-order valence-corrected chi connectivity index (χ2v) is 7.58. The lowest BCUT2D eigenvalue weighted by Crippen LogP contribution is -2.31. The van der Waals surface area contributed by atoms with Gasteiger partial charge >= 0.3 is 0 Å². The number of nitrogens with zero attached hydrogens (tertiary/aromatic N) is 5. The van der Waals surface area contributed by atoms with E-state index in [-0.39, 0.29) is 5.54 Å². The van der Waals surface area contributed by atoms with Gasteiger partial charge in [-0.15, -0.1) is 0 Å². The Hall–Kier alpha value is -1.75. The van der Waals surface area contributed by atoms with Gasteiger partial charge in [0.2, 0.25) is 0 Å². The van der Waals surface area contributed by atoms with Crippen molar-refractivity contribution in [2.24, 2.45) is 0 Å². The molecule has 0 saturated carbocycles. The molecule has 0 amide bonds. The highest BCUT2D eigenvalue weighted by atomic mass is 15.3. The van der Waals surface area contributed by atoms with Gasteiger partial charge in [0.1, 0.15) is 5.82 Å². The van der Waals surface area contributed by atoms with Gasteiger partial charge in [-0.05, 0) is 41.5 Å². The Labute approximate surface area is 138 Å². The zero-order valence-electron chi connectivity index (χ0n) is 15.1. The molecular formula is C18H27N5. The standard InChI is InChI=1S/C18H27N5/c1-12-16(13(2)23(21-12)18(4,5)6)11-22-8-7-17-15(10-22)9-19-14(3)20-17/h9H,7-8,10-11H2,1-6H3. The predicted molar refractivity (Wildman–Crippen MR) is 91.3 cm³/mol. The number of hydrogen-bond acceptors (Lipinski definition) is 4. The summed E-state index contributed by atoms with van der Waals surface area (Å²) in [5.41, 5.74) is 6.28. The molecule has 0 atom stereocenters. The Kier molecular flexibility index (Phi) is 4.00. The molecule has 0 aromatic carbocycles. The van der Waals surface area contributed by atoms with E-state index in [9.17, 15) is 0 Å². The molecule has 3 heterocycles. The average molecular weight is 313 g/mol. The largest absolute Gasteiger partial charge is 0.294 e. The van der Waals surface area contributed by atoms with Gasteiger partial charge < -0.3 is 0 Å². The summed E-state index contributed by atoms with van der Waals surface area (Å²) in [5.74, 6) is 0.871. The van der Waals surface area contributed by atoms with Crippen molar-refractivity contribution in [3.05, 3.63) is 40.2 Å². The van der Waals surface area contributed by atoms with Gasteiger partial charge in [-0.3, -0.25) is 9.58 Å². The summed E-state index contributed by atoms with van der Waals surface area (Å²) < 4.78 is 2.15. The summed E-state index contributed by atoms with van der Waals surface area (Å²) in [6.45, 7) is 15.8. The number of rotatable bonds is 2. The van der Waals surface area contributed by atoms with E-state index < -0.39 is 0 Å². The molecule has 5 nitrogen and oxygen atoms in total. The molecule has 0 aliphatic carbocycles. The van der Waals surface area contributed by atoms with E-state index in [1.165, 1.54) is 22.5 Å². The van der Waals surface area contributed by atoms with Gasteiger partial charge in [-0.2, -0.15) is 5.10 Å². The van der Waals surface area contributed by atoms with Gasteiger partial charge in [-0.1, -0.05) is 0 Å². The molecule has 1 aliphatic heterocycles. The third-order valence-corrected chi connectivity index (χ3v) is 4.59. The first-order valence-electron chi connectivity index (χ1n) is 8.35. The molecule has 3 rings (SSSR count). The van der Waals surface area contributed by atoms with Crippen molar-refractivity contribution in [2.75, 3.05) is 6.54 Å². The highest BCUT2D eigenvalue weighted by Gasteiger charge is 2.24. The SMILES string of the molecule is Cc1ncc2c(n1)CCN(Cc1c(C)nn(C(C)(C)C)c1C)C2. The lowest BCUT2D eigenvalue weighted by Gasteiger charge is -2.28. The highest BCUT2D eigenvalue weighted by molar-refractivity contribution is 5.27. The van der Waals surface area contributed by atoms with Gasteiger partial charge in [0, 0.05) is 54.8 Å². The summed E-state index contributed by atoms with van der Waals surface area (Å²) in [7, 11) is 0. The first kappa shape index (κ1) is 16.1. The van der Waals surface area contributed by atoms with Crippen LogP contribution in [0, 0.1) is 20.8 Å². The van der Waals surface area contributed by atoms with Gasteiger partial charge in [-0.25, -0.2) is 9.97 Å². The van der Waals surface area contributed by atoms with Crippen LogP contribution in [0.3, 0.4) is 0 Å². The van der Waals surface area contributed by atoms with Crippen LogP contribution in [0.2, 0.25) is 0 Å². The second-order valence-electron chi connectivity index (χ2n) is 7.58.